The molecular weight excluding hydrogens is 428 g/mol. The second-order valence-corrected chi connectivity index (χ2v) is 7.78. The maximum absolute atomic E-state index is 13.0. The summed E-state index contributed by atoms with van der Waals surface area (Å²) in [7, 11) is 1.56. The number of carbonyl (C=O) groups excluding carboxylic acids is 1. The fourth-order valence-electron chi connectivity index (χ4n) is 3.84. The molecule has 172 valence electrons. The molecule has 4 rings (SSSR count). The normalized spacial score (nSPS) is 12.6. The summed E-state index contributed by atoms with van der Waals surface area (Å²) >= 11 is 0. The van der Waals surface area contributed by atoms with Gasteiger partial charge in [-0.05, 0) is 54.0 Å². The molecule has 6 nitrogen and oxygen atoms in total. The highest BCUT2D eigenvalue weighted by atomic mass is 16.5. The van der Waals surface area contributed by atoms with E-state index in [9.17, 15) is 10.1 Å². The molecule has 3 aromatic rings. The Balaban J connectivity index is 1.39. The number of anilines is 1. The first kappa shape index (κ1) is 22.9. The number of para-hydroxylation sites is 2. The zero-order valence-corrected chi connectivity index (χ0v) is 19.1. The number of benzene rings is 3. The van der Waals surface area contributed by atoms with Crippen LogP contribution in [-0.2, 0) is 11.2 Å². The second kappa shape index (κ2) is 11.1. The molecule has 0 aromatic heterocycles. The average Bonchev–Trinajstić information content (AvgIpc) is 3.32. The van der Waals surface area contributed by atoms with Gasteiger partial charge < -0.3 is 19.1 Å². The molecule has 1 amide bonds. The van der Waals surface area contributed by atoms with Gasteiger partial charge in [0.1, 0.15) is 17.4 Å². The zero-order valence-electron chi connectivity index (χ0n) is 19.1. The number of hydrogen-bond acceptors (Lipinski definition) is 5. The molecule has 1 heterocycles. The van der Waals surface area contributed by atoms with Crippen LogP contribution < -0.4 is 19.1 Å². The molecule has 0 N–H and O–H groups in total. The summed E-state index contributed by atoms with van der Waals surface area (Å²) in [6, 6.07) is 24.8. The van der Waals surface area contributed by atoms with Gasteiger partial charge in [-0.1, -0.05) is 42.5 Å². The largest absolute Gasteiger partial charge is 0.493 e. The lowest BCUT2D eigenvalue weighted by Crippen LogP contribution is -2.29. The molecule has 3 aromatic carbocycles. The first-order valence-electron chi connectivity index (χ1n) is 11.2. The van der Waals surface area contributed by atoms with Crippen molar-refractivity contribution in [2.75, 3.05) is 31.8 Å². The van der Waals surface area contributed by atoms with E-state index in [1.807, 2.05) is 54.6 Å². The third-order valence-corrected chi connectivity index (χ3v) is 5.54. The summed E-state index contributed by atoms with van der Waals surface area (Å²) in [4.78, 5) is 14.7. The second-order valence-electron chi connectivity index (χ2n) is 7.78. The van der Waals surface area contributed by atoms with E-state index in [-0.39, 0.29) is 11.5 Å². The number of hydrogen-bond donors (Lipinski definition) is 0. The molecule has 1 aliphatic heterocycles. The Bertz CT molecular complexity index is 1210. The molecule has 34 heavy (non-hydrogen) atoms. The minimum Gasteiger partial charge on any atom is -0.493 e. The monoisotopic (exact) mass is 454 g/mol. The van der Waals surface area contributed by atoms with Gasteiger partial charge in [-0.15, -0.1) is 0 Å². The highest BCUT2D eigenvalue weighted by Gasteiger charge is 2.26. The Morgan fingerprint density at radius 2 is 1.76 bits per heavy atom. The summed E-state index contributed by atoms with van der Waals surface area (Å²) < 4.78 is 17.0. The Morgan fingerprint density at radius 1 is 1.00 bits per heavy atom. The summed E-state index contributed by atoms with van der Waals surface area (Å²) in [5.41, 5.74) is 2.75. The van der Waals surface area contributed by atoms with Crippen LogP contribution in [0.4, 0.5) is 5.69 Å². The van der Waals surface area contributed by atoms with Gasteiger partial charge in [0, 0.05) is 18.7 Å². The number of nitrogens with zero attached hydrogens (tertiary/aromatic N) is 2. The smallest absolute Gasteiger partial charge is 0.268 e. The van der Waals surface area contributed by atoms with Gasteiger partial charge in [-0.3, -0.25) is 4.79 Å². The van der Waals surface area contributed by atoms with Crippen LogP contribution in [0.3, 0.4) is 0 Å². The number of rotatable bonds is 9. The minimum atomic E-state index is -0.301. The van der Waals surface area contributed by atoms with E-state index < -0.39 is 0 Å². The number of amides is 1. The van der Waals surface area contributed by atoms with Crippen molar-refractivity contribution in [1.29, 1.82) is 5.26 Å². The van der Waals surface area contributed by atoms with Gasteiger partial charge in [0.2, 0.25) is 0 Å². The molecule has 0 aliphatic carbocycles. The molecule has 0 radical (unpaired) electrons. The maximum Gasteiger partial charge on any atom is 0.268 e. The summed E-state index contributed by atoms with van der Waals surface area (Å²) in [5.74, 6) is 1.66. The molecule has 0 saturated heterocycles. The fourth-order valence-corrected chi connectivity index (χ4v) is 3.84. The topological polar surface area (TPSA) is 71.8 Å². The molecule has 0 unspecified atom stereocenters. The van der Waals surface area contributed by atoms with Crippen molar-refractivity contribution in [2.45, 2.75) is 12.8 Å². The van der Waals surface area contributed by atoms with E-state index in [0.717, 1.165) is 23.4 Å². The van der Waals surface area contributed by atoms with Crippen LogP contribution in [0.15, 0.2) is 78.4 Å². The SMILES string of the molecule is COc1cc(/C=C(\C#N)C(=O)N2CCc3ccccc32)ccc1OCCCOc1ccccc1. The van der Waals surface area contributed by atoms with E-state index in [4.69, 9.17) is 14.2 Å². The maximum atomic E-state index is 13.0. The lowest BCUT2D eigenvalue weighted by atomic mass is 10.1. The van der Waals surface area contributed by atoms with E-state index >= 15 is 0 Å². The number of nitriles is 1. The number of ether oxygens (including phenoxy) is 3. The quantitative estimate of drug-likeness (QED) is 0.257. The first-order valence-corrected chi connectivity index (χ1v) is 11.2. The van der Waals surface area contributed by atoms with Crippen LogP contribution in [0.5, 0.6) is 17.2 Å². The van der Waals surface area contributed by atoms with Gasteiger partial charge in [0.05, 0.1) is 20.3 Å². The molecule has 0 bridgehead atoms. The number of fused-ring (bicyclic) bond motifs is 1. The van der Waals surface area contributed by atoms with Gasteiger partial charge >= 0.3 is 0 Å². The Kier molecular flexibility index (Phi) is 7.46. The van der Waals surface area contributed by atoms with E-state index in [1.165, 1.54) is 0 Å². The van der Waals surface area contributed by atoms with E-state index in [2.05, 4.69) is 6.07 Å². The molecule has 0 spiro atoms. The first-order chi connectivity index (χ1) is 16.7. The average molecular weight is 455 g/mol. The van der Waals surface area contributed by atoms with Crippen LogP contribution in [0, 0.1) is 11.3 Å². The van der Waals surface area contributed by atoms with Gasteiger partial charge in [-0.25, -0.2) is 0 Å². The van der Waals surface area contributed by atoms with Crippen molar-refractivity contribution in [1.82, 2.24) is 0 Å². The van der Waals surface area contributed by atoms with Gasteiger partial charge in [0.15, 0.2) is 11.5 Å². The molecule has 1 aliphatic rings. The summed E-state index contributed by atoms with van der Waals surface area (Å²) in [6.45, 7) is 1.58. The Labute approximate surface area is 199 Å². The van der Waals surface area contributed by atoms with Crippen molar-refractivity contribution in [3.63, 3.8) is 0 Å². The lowest BCUT2D eigenvalue weighted by Gasteiger charge is -2.16. The van der Waals surface area contributed by atoms with Gasteiger partial charge in [-0.2, -0.15) is 5.26 Å². The minimum absolute atomic E-state index is 0.0745. The van der Waals surface area contributed by atoms with Crippen LogP contribution in [0.2, 0.25) is 0 Å². The molecular formula is C28H26N2O4. The molecule has 0 atom stereocenters. The van der Waals surface area contributed by atoms with Crippen molar-refractivity contribution < 1.29 is 19.0 Å². The van der Waals surface area contributed by atoms with Crippen LogP contribution in [0.25, 0.3) is 6.08 Å². The summed E-state index contributed by atoms with van der Waals surface area (Å²) in [5, 5.41) is 9.66. The lowest BCUT2D eigenvalue weighted by molar-refractivity contribution is -0.114. The number of carbonyl (C=O) groups is 1. The highest BCUT2D eigenvalue weighted by molar-refractivity contribution is 6.12. The highest BCUT2D eigenvalue weighted by Crippen LogP contribution is 2.31. The Hall–Kier alpha value is -4.24. The predicted molar refractivity (Wildman–Crippen MR) is 131 cm³/mol. The Morgan fingerprint density at radius 3 is 2.56 bits per heavy atom. The molecule has 0 fully saturated rings. The van der Waals surface area contributed by atoms with E-state index in [1.54, 1.807) is 36.3 Å². The molecule has 6 heteroatoms. The van der Waals surface area contributed by atoms with Crippen LogP contribution in [0.1, 0.15) is 17.5 Å². The standard InChI is InChI=1S/C28H26N2O4/c1-32-27-19-21(12-13-26(27)34-17-7-16-33-24-9-3-2-4-10-24)18-23(20-29)28(31)30-15-14-22-8-5-6-11-25(22)30/h2-6,8-13,18-19H,7,14-17H2,1H3/b23-18+. The van der Waals surface area contributed by atoms with Crippen LogP contribution >= 0.6 is 0 Å². The third-order valence-electron chi connectivity index (χ3n) is 5.54. The number of methoxy groups -OCH3 is 1. The fraction of sp³-hybridized carbons (Fsp3) is 0.214. The predicted octanol–water partition coefficient (Wildman–Crippen LogP) is 5.04. The van der Waals surface area contributed by atoms with Crippen molar-refractivity contribution in [2.24, 2.45) is 0 Å². The van der Waals surface area contributed by atoms with Gasteiger partial charge in [0.25, 0.3) is 5.91 Å². The zero-order chi connectivity index (χ0) is 23.8. The summed E-state index contributed by atoms with van der Waals surface area (Å²) in [6.07, 6.45) is 3.09. The van der Waals surface area contributed by atoms with Crippen molar-refractivity contribution in [3.8, 4) is 23.3 Å². The molecule has 0 saturated carbocycles. The van der Waals surface area contributed by atoms with Crippen molar-refractivity contribution in [3.05, 3.63) is 89.5 Å². The van der Waals surface area contributed by atoms with Crippen molar-refractivity contribution >= 4 is 17.7 Å². The van der Waals surface area contributed by atoms with Crippen LogP contribution in [-0.4, -0.2) is 32.8 Å². The van der Waals surface area contributed by atoms with E-state index in [0.29, 0.717) is 43.2 Å². The third kappa shape index (κ3) is 5.38.